The second kappa shape index (κ2) is 6.05. The van der Waals surface area contributed by atoms with E-state index in [1.807, 2.05) is 26.0 Å². The highest BCUT2D eigenvalue weighted by molar-refractivity contribution is 5.49. The quantitative estimate of drug-likeness (QED) is 0.869. The van der Waals surface area contributed by atoms with Crippen LogP contribution in [0.15, 0.2) is 18.3 Å². The molecule has 1 fully saturated rings. The van der Waals surface area contributed by atoms with Crippen molar-refractivity contribution in [1.82, 2.24) is 9.88 Å². The summed E-state index contributed by atoms with van der Waals surface area (Å²) >= 11 is 0. The monoisotopic (exact) mass is 249 g/mol. The van der Waals surface area contributed by atoms with Crippen LogP contribution in [-0.2, 0) is 0 Å². The Morgan fingerprint density at radius 3 is 3.06 bits per heavy atom. The van der Waals surface area contributed by atoms with Crippen LogP contribution in [0.3, 0.4) is 0 Å². The first-order valence-electron chi connectivity index (χ1n) is 6.72. The van der Waals surface area contributed by atoms with Crippen molar-refractivity contribution in [3.8, 4) is 5.75 Å². The molecule has 1 unspecified atom stereocenters. The summed E-state index contributed by atoms with van der Waals surface area (Å²) in [5.41, 5.74) is 0. The summed E-state index contributed by atoms with van der Waals surface area (Å²) in [7, 11) is 2.18. The molecule has 0 saturated carbocycles. The second-order valence-corrected chi connectivity index (χ2v) is 5.17. The number of nitrogens with one attached hydrogen (secondary N) is 1. The fraction of sp³-hybridized carbons (Fsp3) is 0.643. The van der Waals surface area contributed by atoms with Gasteiger partial charge in [0.05, 0.1) is 6.10 Å². The lowest BCUT2D eigenvalue weighted by Gasteiger charge is -2.21. The van der Waals surface area contributed by atoms with E-state index in [0.29, 0.717) is 6.04 Å². The van der Waals surface area contributed by atoms with Crippen molar-refractivity contribution in [2.24, 2.45) is 0 Å². The van der Waals surface area contributed by atoms with E-state index in [-0.39, 0.29) is 6.10 Å². The molecule has 0 spiro atoms. The number of aromatic nitrogens is 1. The Morgan fingerprint density at radius 1 is 1.56 bits per heavy atom. The topological polar surface area (TPSA) is 37.4 Å². The first-order valence-corrected chi connectivity index (χ1v) is 6.72. The highest BCUT2D eigenvalue weighted by Gasteiger charge is 2.20. The van der Waals surface area contributed by atoms with Crippen LogP contribution >= 0.6 is 0 Å². The molecule has 1 N–H and O–H groups in total. The van der Waals surface area contributed by atoms with Crippen molar-refractivity contribution < 1.29 is 4.74 Å². The van der Waals surface area contributed by atoms with Crippen LogP contribution in [-0.4, -0.2) is 42.2 Å². The number of hydrogen-bond acceptors (Lipinski definition) is 4. The normalized spacial score (nSPS) is 20.3. The summed E-state index contributed by atoms with van der Waals surface area (Å²) in [6.45, 7) is 6.19. The lowest BCUT2D eigenvalue weighted by molar-refractivity contribution is 0.242. The third-order valence-corrected chi connectivity index (χ3v) is 3.31. The molecule has 1 aromatic heterocycles. The summed E-state index contributed by atoms with van der Waals surface area (Å²) < 4.78 is 5.75. The van der Waals surface area contributed by atoms with Crippen molar-refractivity contribution in [1.29, 1.82) is 0 Å². The minimum atomic E-state index is 0.170. The van der Waals surface area contributed by atoms with Gasteiger partial charge in [-0.1, -0.05) is 0 Å². The summed E-state index contributed by atoms with van der Waals surface area (Å²) in [5.74, 6) is 1.69. The van der Waals surface area contributed by atoms with Crippen LogP contribution in [0.1, 0.15) is 26.7 Å². The van der Waals surface area contributed by atoms with Crippen LogP contribution in [0.25, 0.3) is 0 Å². The molecule has 1 aliphatic rings. The van der Waals surface area contributed by atoms with Crippen molar-refractivity contribution in [3.05, 3.63) is 18.3 Å². The van der Waals surface area contributed by atoms with E-state index in [9.17, 15) is 0 Å². The number of hydrogen-bond donors (Lipinski definition) is 1. The smallest absolute Gasteiger partial charge is 0.168 e. The van der Waals surface area contributed by atoms with E-state index in [2.05, 4.69) is 22.2 Å². The number of pyridine rings is 1. The van der Waals surface area contributed by atoms with Gasteiger partial charge in [-0.25, -0.2) is 4.98 Å². The molecule has 0 bridgehead atoms. The molecule has 2 heterocycles. The zero-order valence-electron chi connectivity index (χ0n) is 11.5. The number of ether oxygens (including phenoxy) is 1. The molecule has 2 rings (SSSR count). The molecule has 0 amide bonds. The van der Waals surface area contributed by atoms with Gasteiger partial charge in [-0.3, -0.25) is 0 Å². The second-order valence-electron chi connectivity index (χ2n) is 5.17. The number of rotatable bonds is 5. The van der Waals surface area contributed by atoms with E-state index >= 15 is 0 Å². The first kappa shape index (κ1) is 13.1. The van der Waals surface area contributed by atoms with Crippen molar-refractivity contribution >= 4 is 5.82 Å². The Bertz CT molecular complexity index is 381. The van der Waals surface area contributed by atoms with Gasteiger partial charge in [-0.2, -0.15) is 0 Å². The van der Waals surface area contributed by atoms with Gasteiger partial charge in [0.2, 0.25) is 0 Å². The third kappa shape index (κ3) is 3.35. The molecule has 1 atom stereocenters. The minimum absolute atomic E-state index is 0.170. The predicted molar refractivity (Wildman–Crippen MR) is 74.1 cm³/mol. The maximum Gasteiger partial charge on any atom is 0.168 e. The summed E-state index contributed by atoms with van der Waals surface area (Å²) in [5, 5.41) is 3.41. The molecule has 1 aromatic rings. The lowest BCUT2D eigenvalue weighted by atomic mass is 10.2. The SMILES string of the molecule is CC(C)Oc1cccnc1NCC1CCCN1C. The van der Waals surface area contributed by atoms with Gasteiger partial charge in [0.1, 0.15) is 0 Å². The highest BCUT2D eigenvalue weighted by Crippen LogP contribution is 2.23. The standard InChI is InChI=1S/C14H23N3O/c1-11(2)18-13-7-4-8-15-14(13)16-10-12-6-5-9-17(12)3/h4,7-8,11-12H,5-6,9-10H2,1-3H3,(H,15,16). The van der Waals surface area contributed by atoms with Gasteiger partial charge in [0.15, 0.2) is 11.6 Å². The number of nitrogens with zero attached hydrogens (tertiary/aromatic N) is 2. The van der Waals surface area contributed by atoms with E-state index in [1.165, 1.54) is 19.4 Å². The van der Waals surface area contributed by atoms with Crippen LogP contribution < -0.4 is 10.1 Å². The molecule has 0 aliphatic carbocycles. The van der Waals surface area contributed by atoms with E-state index in [1.54, 1.807) is 6.20 Å². The molecule has 1 aliphatic heterocycles. The maximum absolute atomic E-state index is 5.75. The van der Waals surface area contributed by atoms with Gasteiger partial charge >= 0.3 is 0 Å². The Morgan fingerprint density at radius 2 is 2.39 bits per heavy atom. The largest absolute Gasteiger partial charge is 0.487 e. The van der Waals surface area contributed by atoms with Crippen LogP contribution in [0, 0.1) is 0 Å². The van der Waals surface area contributed by atoms with Crippen molar-refractivity contribution in [2.75, 3.05) is 25.5 Å². The average Bonchev–Trinajstić information content (AvgIpc) is 2.73. The zero-order chi connectivity index (χ0) is 13.0. The van der Waals surface area contributed by atoms with E-state index in [4.69, 9.17) is 4.74 Å². The Kier molecular flexibility index (Phi) is 4.42. The Balaban J connectivity index is 1.95. The third-order valence-electron chi connectivity index (χ3n) is 3.31. The highest BCUT2D eigenvalue weighted by atomic mass is 16.5. The van der Waals surface area contributed by atoms with Gasteiger partial charge < -0.3 is 15.0 Å². The van der Waals surface area contributed by atoms with Gasteiger partial charge in [0.25, 0.3) is 0 Å². The van der Waals surface area contributed by atoms with E-state index < -0.39 is 0 Å². The minimum Gasteiger partial charge on any atom is -0.487 e. The molecular formula is C14H23N3O. The first-order chi connectivity index (χ1) is 8.66. The molecule has 4 nitrogen and oxygen atoms in total. The van der Waals surface area contributed by atoms with Crippen molar-refractivity contribution in [2.45, 2.75) is 38.8 Å². The van der Waals surface area contributed by atoms with Crippen molar-refractivity contribution in [3.63, 3.8) is 0 Å². The van der Waals surface area contributed by atoms with E-state index in [0.717, 1.165) is 18.1 Å². The number of likely N-dealkylation sites (tertiary alicyclic amines) is 1. The Labute approximate surface area is 109 Å². The maximum atomic E-state index is 5.75. The predicted octanol–water partition coefficient (Wildman–Crippen LogP) is 2.37. The molecule has 18 heavy (non-hydrogen) atoms. The Hall–Kier alpha value is -1.29. The molecule has 1 saturated heterocycles. The zero-order valence-corrected chi connectivity index (χ0v) is 11.5. The van der Waals surface area contributed by atoms with Gasteiger partial charge in [0, 0.05) is 18.8 Å². The van der Waals surface area contributed by atoms with Crippen LogP contribution in [0.2, 0.25) is 0 Å². The summed E-state index contributed by atoms with van der Waals surface area (Å²) in [6.07, 6.45) is 4.52. The lowest BCUT2D eigenvalue weighted by Crippen LogP contribution is -2.31. The molecule has 4 heteroatoms. The van der Waals surface area contributed by atoms with Gasteiger partial charge in [-0.05, 0) is 52.4 Å². The summed E-state index contributed by atoms with van der Waals surface area (Å²) in [4.78, 5) is 6.76. The van der Waals surface area contributed by atoms with Crippen LogP contribution in [0.4, 0.5) is 5.82 Å². The fourth-order valence-corrected chi connectivity index (χ4v) is 2.32. The van der Waals surface area contributed by atoms with Crippen LogP contribution in [0.5, 0.6) is 5.75 Å². The number of anilines is 1. The molecular weight excluding hydrogens is 226 g/mol. The molecule has 0 radical (unpaired) electrons. The van der Waals surface area contributed by atoms with Gasteiger partial charge in [-0.15, -0.1) is 0 Å². The summed E-state index contributed by atoms with van der Waals surface area (Å²) in [6, 6.07) is 4.48. The average molecular weight is 249 g/mol. The molecule has 0 aromatic carbocycles. The fourth-order valence-electron chi connectivity index (χ4n) is 2.32. The molecule has 100 valence electrons. The number of likely N-dealkylation sites (N-methyl/N-ethyl adjacent to an activating group) is 1.